The van der Waals surface area contributed by atoms with E-state index in [0.717, 1.165) is 11.3 Å². The molecule has 4 nitrogen and oxygen atoms in total. The van der Waals surface area contributed by atoms with Crippen molar-refractivity contribution in [1.29, 1.82) is 0 Å². The molecule has 0 fully saturated rings. The first-order valence-electron chi connectivity index (χ1n) is 6.33. The predicted molar refractivity (Wildman–Crippen MR) is 68.3 cm³/mol. The fourth-order valence-electron chi connectivity index (χ4n) is 2.40. The SMILES string of the molecule is CC(=O)N1CCc2nn(-c3c(F)cccc3F)cc2C1. The molecular weight excluding hydrogens is 264 g/mol. The minimum atomic E-state index is -0.659. The van der Waals surface area contributed by atoms with Gasteiger partial charge in [0.2, 0.25) is 5.91 Å². The highest BCUT2D eigenvalue weighted by Crippen LogP contribution is 2.22. The zero-order valence-electron chi connectivity index (χ0n) is 10.9. The van der Waals surface area contributed by atoms with Gasteiger partial charge in [-0.3, -0.25) is 4.79 Å². The summed E-state index contributed by atoms with van der Waals surface area (Å²) in [6, 6.07) is 3.71. The lowest BCUT2D eigenvalue weighted by molar-refractivity contribution is -0.129. The van der Waals surface area contributed by atoms with Crippen LogP contribution in [0.3, 0.4) is 0 Å². The van der Waals surface area contributed by atoms with Gasteiger partial charge in [-0.25, -0.2) is 13.5 Å². The molecule has 3 rings (SSSR count). The van der Waals surface area contributed by atoms with Gasteiger partial charge in [-0.1, -0.05) is 6.07 Å². The van der Waals surface area contributed by atoms with Gasteiger partial charge in [0.05, 0.1) is 5.69 Å². The van der Waals surface area contributed by atoms with Crippen molar-refractivity contribution >= 4 is 5.91 Å². The fraction of sp³-hybridized carbons (Fsp3) is 0.286. The van der Waals surface area contributed by atoms with Gasteiger partial charge in [-0.05, 0) is 12.1 Å². The Morgan fingerprint density at radius 2 is 2.00 bits per heavy atom. The van der Waals surface area contributed by atoms with Crippen LogP contribution in [0.4, 0.5) is 8.78 Å². The summed E-state index contributed by atoms with van der Waals surface area (Å²) in [4.78, 5) is 13.1. The number of para-hydroxylation sites is 1. The second-order valence-corrected chi connectivity index (χ2v) is 4.81. The van der Waals surface area contributed by atoms with Crippen molar-refractivity contribution in [2.45, 2.75) is 19.9 Å². The molecule has 1 amide bonds. The average molecular weight is 277 g/mol. The minimum absolute atomic E-state index is 0.0135. The molecule has 0 unspecified atom stereocenters. The molecule has 0 saturated heterocycles. The van der Waals surface area contributed by atoms with Crippen LogP contribution in [0.1, 0.15) is 18.2 Å². The third-order valence-electron chi connectivity index (χ3n) is 3.47. The van der Waals surface area contributed by atoms with Crippen molar-refractivity contribution in [2.24, 2.45) is 0 Å². The Kier molecular flexibility index (Phi) is 3.00. The number of rotatable bonds is 1. The first-order chi connectivity index (χ1) is 9.56. The van der Waals surface area contributed by atoms with E-state index in [1.807, 2.05) is 0 Å². The molecule has 2 heterocycles. The number of hydrogen-bond acceptors (Lipinski definition) is 2. The molecule has 0 atom stereocenters. The van der Waals surface area contributed by atoms with Crippen LogP contribution in [-0.2, 0) is 17.8 Å². The van der Waals surface area contributed by atoms with E-state index in [1.165, 1.54) is 29.8 Å². The molecule has 0 aliphatic carbocycles. The molecule has 0 bridgehead atoms. The molecule has 6 heteroatoms. The Bertz CT molecular complexity index is 661. The third kappa shape index (κ3) is 2.07. The molecule has 1 aromatic heterocycles. The van der Waals surface area contributed by atoms with Gasteiger partial charge in [-0.15, -0.1) is 0 Å². The molecule has 1 aromatic carbocycles. The van der Waals surface area contributed by atoms with Crippen molar-refractivity contribution in [1.82, 2.24) is 14.7 Å². The van der Waals surface area contributed by atoms with Crippen LogP contribution < -0.4 is 0 Å². The molecule has 20 heavy (non-hydrogen) atoms. The molecule has 0 N–H and O–H groups in total. The first-order valence-corrected chi connectivity index (χ1v) is 6.33. The number of hydrogen-bond donors (Lipinski definition) is 0. The lowest BCUT2D eigenvalue weighted by atomic mass is 10.1. The summed E-state index contributed by atoms with van der Waals surface area (Å²) in [7, 11) is 0. The van der Waals surface area contributed by atoms with E-state index in [9.17, 15) is 13.6 Å². The Labute approximate surface area is 114 Å². The van der Waals surface area contributed by atoms with Gasteiger partial charge in [0.1, 0.15) is 5.69 Å². The zero-order valence-corrected chi connectivity index (χ0v) is 10.9. The van der Waals surface area contributed by atoms with E-state index in [2.05, 4.69) is 5.10 Å². The predicted octanol–water partition coefficient (Wildman–Crippen LogP) is 2.06. The van der Waals surface area contributed by atoms with Crippen LogP contribution in [0.5, 0.6) is 0 Å². The minimum Gasteiger partial charge on any atom is -0.338 e. The fourth-order valence-corrected chi connectivity index (χ4v) is 2.40. The summed E-state index contributed by atoms with van der Waals surface area (Å²) in [6.07, 6.45) is 2.18. The molecular formula is C14H13F2N3O. The number of nitrogens with zero attached hydrogens (tertiary/aromatic N) is 3. The van der Waals surface area contributed by atoms with Gasteiger partial charge >= 0.3 is 0 Å². The summed E-state index contributed by atoms with van der Waals surface area (Å²) in [6.45, 7) is 2.52. The maximum absolute atomic E-state index is 13.7. The largest absolute Gasteiger partial charge is 0.338 e. The van der Waals surface area contributed by atoms with E-state index in [4.69, 9.17) is 0 Å². The van der Waals surface area contributed by atoms with Crippen molar-refractivity contribution < 1.29 is 13.6 Å². The topological polar surface area (TPSA) is 38.1 Å². The summed E-state index contributed by atoms with van der Waals surface area (Å²) in [5, 5.41) is 4.24. The summed E-state index contributed by atoms with van der Waals surface area (Å²) in [5.41, 5.74) is 1.43. The molecule has 1 aliphatic rings. The van der Waals surface area contributed by atoms with Gasteiger partial charge in [-0.2, -0.15) is 5.10 Å². The Balaban J connectivity index is 2.01. The summed E-state index contributed by atoms with van der Waals surface area (Å²) >= 11 is 0. The first kappa shape index (κ1) is 12.8. The van der Waals surface area contributed by atoms with Crippen molar-refractivity contribution in [3.63, 3.8) is 0 Å². The monoisotopic (exact) mass is 277 g/mol. The van der Waals surface area contributed by atoms with Crippen LogP contribution >= 0.6 is 0 Å². The molecule has 104 valence electrons. The lowest BCUT2D eigenvalue weighted by Gasteiger charge is -2.24. The Morgan fingerprint density at radius 1 is 1.30 bits per heavy atom. The smallest absolute Gasteiger partial charge is 0.219 e. The summed E-state index contributed by atoms with van der Waals surface area (Å²) in [5.74, 6) is -1.33. The highest BCUT2D eigenvalue weighted by atomic mass is 19.1. The highest BCUT2D eigenvalue weighted by molar-refractivity contribution is 5.73. The average Bonchev–Trinajstić information content (AvgIpc) is 2.80. The van der Waals surface area contributed by atoms with E-state index in [0.29, 0.717) is 19.5 Å². The van der Waals surface area contributed by atoms with E-state index in [1.54, 1.807) is 11.1 Å². The Morgan fingerprint density at radius 3 is 2.65 bits per heavy atom. The normalized spacial score (nSPS) is 14.2. The zero-order chi connectivity index (χ0) is 14.3. The van der Waals surface area contributed by atoms with Crippen molar-refractivity contribution in [3.05, 3.63) is 47.3 Å². The number of fused-ring (bicyclic) bond motifs is 1. The van der Waals surface area contributed by atoms with Crippen molar-refractivity contribution in [2.75, 3.05) is 6.54 Å². The van der Waals surface area contributed by atoms with E-state index in [-0.39, 0.29) is 11.6 Å². The lowest BCUT2D eigenvalue weighted by Crippen LogP contribution is -2.33. The molecule has 0 saturated carbocycles. The van der Waals surface area contributed by atoms with Gasteiger partial charge in [0.25, 0.3) is 0 Å². The quantitative estimate of drug-likeness (QED) is 0.800. The van der Waals surface area contributed by atoms with Gasteiger partial charge < -0.3 is 4.90 Å². The molecule has 0 radical (unpaired) electrons. The van der Waals surface area contributed by atoms with Crippen LogP contribution in [0, 0.1) is 11.6 Å². The number of carbonyl (C=O) groups is 1. The van der Waals surface area contributed by atoms with Crippen LogP contribution in [0.2, 0.25) is 0 Å². The van der Waals surface area contributed by atoms with Crippen LogP contribution in [0.25, 0.3) is 5.69 Å². The standard InChI is InChI=1S/C14H13F2N3O/c1-9(20)18-6-5-13-10(7-18)8-19(17-13)14-11(15)3-2-4-12(14)16/h2-4,8H,5-7H2,1H3. The summed E-state index contributed by atoms with van der Waals surface area (Å²) < 4.78 is 28.7. The number of aromatic nitrogens is 2. The second-order valence-electron chi connectivity index (χ2n) is 4.81. The maximum Gasteiger partial charge on any atom is 0.219 e. The Hall–Kier alpha value is -2.24. The molecule has 0 spiro atoms. The maximum atomic E-state index is 13.7. The third-order valence-corrected chi connectivity index (χ3v) is 3.47. The molecule has 1 aliphatic heterocycles. The number of benzene rings is 1. The highest BCUT2D eigenvalue weighted by Gasteiger charge is 2.22. The molecule has 2 aromatic rings. The van der Waals surface area contributed by atoms with E-state index >= 15 is 0 Å². The number of carbonyl (C=O) groups excluding carboxylic acids is 1. The van der Waals surface area contributed by atoms with Gasteiger partial charge in [0.15, 0.2) is 11.6 Å². The second kappa shape index (κ2) is 4.70. The van der Waals surface area contributed by atoms with Gasteiger partial charge in [0, 0.05) is 38.2 Å². The number of amides is 1. The van der Waals surface area contributed by atoms with Crippen molar-refractivity contribution in [3.8, 4) is 5.69 Å². The van der Waals surface area contributed by atoms with Crippen LogP contribution in [0.15, 0.2) is 24.4 Å². The number of halogens is 2. The van der Waals surface area contributed by atoms with Crippen LogP contribution in [-0.4, -0.2) is 27.1 Å². The van der Waals surface area contributed by atoms with E-state index < -0.39 is 11.6 Å².